The summed E-state index contributed by atoms with van der Waals surface area (Å²) in [6.07, 6.45) is 1.39. The van der Waals surface area contributed by atoms with Crippen LogP contribution in [0.2, 0.25) is 0 Å². The molecule has 6 rings (SSSR count). The zero-order valence-electron chi connectivity index (χ0n) is 25.0. The number of nitrogens with zero attached hydrogens (tertiary/aromatic N) is 4. The van der Waals surface area contributed by atoms with Crippen LogP contribution in [-0.2, 0) is 28.8 Å². The second-order valence-electron chi connectivity index (χ2n) is 11.3. The molecule has 1 aliphatic heterocycles. The van der Waals surface area contributed by atoms with Crippen LogP contribution in [0.1, 0.15) is 40.3 Å². The summed E-state index contributed by atoms with van der Waals surface area (Å²) in [6, 6.07) is 30.4. The molecule has 234 valence electrons. The molecule has 0 saturated heterocycles. The van der Waals surface area contributed by atoms with Crippen LogP contribution in [0.15, 0.2) is 112 Å². The number of ether oxygens (including phenoxy) is 2. The number of nitrogens with one attached hydrogen (secondary N) is 2. The topological polar surface area (TPSA) is 141 Å². The van der Waals surface area contributed by atoms with Crippen LogP contribution in [0.5, 0.6) is 5.75 Å². The van der Waals surface area contributed by atoms with Crippen LogP contribution in [0.3, 0.4) is 0 Å². The predicted molar refractivity (Wildman–Crippen MR) is 179 cm³/mol. The van der Waals surface area contributed by atoms with E-state index in [0.717, 1.165) is 22.9 Å². The fraction of sp³-hybridized carbons (Fsp3) is 0.257. The number of hydrogen-bond acceptors (Lipinski definition) is 7. The first-order valence-electron chi connectivity index (χ1n) is 15.1. The van der Waals surface area contributed by atoms with Gasteiger partial charge in [-0.3, -0.25) is 10.2 Å². The van der Waals surface area contributed by atoms with Crippen molar-refractivity contribution in [3.63, 3.8) is 0 Å². The van der Waals surface area contributed by atoms with Gasteiger partial charge in [-0.15, -0.1) is 0 Å². The number of aliphatic imine (C=N–C) groups is 1. The third-order valence-electron chi connectivity index (χ3n) is 8.23. The number of hydrazine groups is 1. The Morgan fingerprint density at radius 1 is 1.02 bits per heavy atom. The van der Waals surface area contributed by atoms with Crippen LogP contribution in [0.25, 0.3) is 10.4 Å². The van der Waals surface area contributed by atoms with Crippen molar-refractivity contribution in [1.29, 1.82) is 0 Å². The minimum absolute atomic E-state index is 0.0177. The average molecular weight is 682 g/mol. The molecular weight excluding hydrogens is 648 g/mol. The molecule has 0 fully saturated rings. The molecule has 1 heterocycles. The van der Waals surface area contributed by atoms with Gasteiger partial charge in [0.25, 0.3) is 5.91 Å². The summed E-state index contributed by atoms with van der Waals surface area (Å²) in [6.45, 7) is 0.438. The SMILES string of the molecule is [N-]=[N+]=Nc1ccccc1[C@@H]1OC(c2ccc(OCCCO)cc2)=N[C@]1(Cc1ccc(Br)cc1)C(=O)NNC1Cc2ccccc2C1. The maximum absolute atomic E-state index is 14.6. The Balaban J connectivity index is 1.39. The molecule has 4 aromatic rings. The number of fused-ring (bicyclic) bond motifs is 1. The van der Waals surface area contributed by atoms with E-state index in [-0.39, 0.29) is 30.9 Å². The Morgan fingerprint density at radius 3 is 2.41 bits per heavy atom. The van der Waals surface area contributed by atoms with Crippen LogP contribution in [0.4, 0.5) is 5.69 Å². The van der Waals surface area contributed by atoms with E-state index in [0.29, 0.717) is 35.6 Å². The summed E-state index contributed by atoms with van der Waals surface area (Å²) in [7, 11) is 0. The van der Waals surface area contributed by atoms with Crippen molar-refractivity contribution in [2.45, 2.75) is 43.4 Å². The quantitative estimate of drug-likeness (QED) is 0.0519. The molecule has 2 aliphatic rings. The highest BCUT2D eigenvalue weighted by atomic mass is 79.9. The molecule has 0 spiro atoms. The molecule has 2 atom stereocenters. The molecule has 0 radical (unpaired) electrons. The van der Waals surface area contributed by atoms with Gasteiger partial charge in [0.15, 0.2) is 11.6 Å². The molecule has 3 N–H and O–H groups in total. The molecule has 10 nitrogen and oxygen atoms in total. The lowest BCUT2D eigenvalue weighted by atomic mass is 9.81. The lowest BCUT2D eigenvalue weighted by molar-refractivity contribution is -0.130. The zero-order chi connectivity index (χ0) is 31.9. The molecule has 0 unspecified atom stereocenters. The predicted octanol–water partition coefficient (Wildman–Crippen LogP) is 6.44. The highest BCUT2D eigenvalue weighted by Gasteiger charge is 2.54. The first kappa shape index (κ1) is 31.3. The van der Waals surface area contributed by atoms with E-state index in [4.69, 9.17) is 19.6 Å². The molecule has 11 heteroatoms. The van der Waals surface area contributed by atoms with Crippen molar-refractivity contribution < 1.29 is 19.4 Å². The van der Waals surface area contributed by atoms with Gasteiger partial charge in [0.1, 0.15) is 5.75 Å². The van der Waals surface area contributed by atoms with Crippen molar-refractivity contribution in [3.05, 3.63) is 140 Å². The van der Waals surface area contributed by atoms with E-state index in [9.17, 15) is 10.3 Å². The third kappa shape index (κ3) is 6.78. The highest BCUT2D eigenvalue weighted by Crippen LogP contribution is 2.45. The fourth-order valence-electron chi connectivity index (χ4n) is 5.96. The van der Waals surface area contributed by atoms with Crippen LogP contribution < -0.4 is 15.6 Å². The molecule has 4 aromatic carbocycles. The lowest BCUT2D eigenvalue weighted by Gasteiger charge is -2.32. The van der Waals surface area contributed by atoms with E-state index in [1.54, 1.807) is 30.3 Å². The standard InChI is InChI=1S/C35H33BrN6O4/c36-27-14-10-23(11-15-27)22-35(34(44)41-39-28-20-25-6-1-2-7-26(25)21-28)32(30-8-3-4-9-31(30)40-42-37)46-33(38-35)24-12-16-29(17-13-24)45-19-5-18-43/h1-4,6-17,28,32,39,43H,5,18-22H2,(H,41,44)/t32-,35-/m0/s1. The van der Waals surface area contributed by atoms with Gasteiger partial charge in [-0.05, 0) is 71.5 Å². The third-order valence-corrected chi connectivity index (χ3v) is 8.76. The summed E-state index contributed by atoms with van der Waals surface area (Å²) in [5, 5.41) is 13.0. The molecule has 0 saturated carbocycles. The molecule has 1 amide bonds. The van der Waals surface area contributed by atoms with Crippen molar-refractivity contribution in [2.75, 3.05) is 13.2 Å². The molecular formula is C35H33BrN6O4. The Kier molecular flexibility index (Phi) is 9.65. The van der Waals surface area contributed by atoms with Crippen molar-refractivity contribution in [2.24, 2.45) is 10.1 Å². The van der Waals surface area contributed by atoms with Gasteiger partial charge in [-0.2, -0.15) is 0 Å². The summed E-state index contributed by atoms with van der Waals surface area (Å²) in [5.74, 6) is 0.552. The smallest absolute Gasteiger partial charge is 0.266 e. The Morgan fingerprint density at radius 2 is 1.72 bits per heavy atom. The van der Waals surface area contributed by atoms with E-state index in [1.165, 1.54) is 11.1 Å². The minimum atomic E-state index is -1.47. The second-order valence-corrected chi connectivity index (χ2v) is 12.2. The number of azide groups is 1. The highest BCUT2D eigenvalue weighted by molar-refractivity contribution is 9.10. The first-order chi connectivity index (χ1) is 22.5. The normalized spacial score (nSPS) is 18.7. The second kappa shape index (κ2) is 14.2. The van der Waals surface area contributed by atoms with E-state index in [2.05, 4.69) is 48.9 Å². The average Bonchev–Trinajstić information content (AvgIpc) is 3.68. The number of amides is 1. The summed E-state index contributed by atoms with van der Waals surface area (Å²) < 4.78 is 13.2. The van der Waals surface area contributed by atoms with Crippen LogP contribution in [-0.4, -0.2) is 41.7 Å². The van der Waals surface area contributed by atoms with Crippen molar-refractivity contribution >= 4 is 33.4 Å². The molecule has 0 aromatic heterocycles. The van der Waals surface area contributed by atoms with Gasteiger partial charge in [-0.1, -0.05) is 81.7 Å². The van der Waals surface area contributed by atoms with Crippen molar-refractivity contribution in [1.82, 2.24) is 10.9 Å². The Labute approximate surface area is 275 Å². The lowest BCUT2D eigenvalue weighted by Crippen LogP contribution is -2.56. The van der Waals surface area contributed by atoms with Crippen molar-refractivity contribution in [3.8, 4) is 5.75 Å². The number of rotatable bonds is 12. The number of aliphatic hydroxyl groups is 1. The first-order valence-corrected chi connectivity index (χ1v) is 15.9. The maximum atomic E-state index is 14.6. The van der Waals surface area contributed by atoms with E-state index >= 15 is 0 Å². The molecule has 1 aliphatic carbocycles. The van der Waals surface area contributed by atoms with Crippen LogP contribution in [0, 0.1) is 0 Å². The van der Waals surface area contributed by atoms with Gasteiger partial charge in [0.2, 0.25) is 5.90 Å². The summed E-state index contributed by atoms with van der Waals surface area (Å²) in [5.41, 5.74) is 19.1. The Bertz CT molecular complexity index is 1750. The van der Waals surface area contributed by atoms with Gasteiger partial charge in [-0.25, -0.2) is 10.4 Å². The number of carbonyl (C=O) groups is 1. The number of benzene rings is 4. The van der Waals surface area contributed by atoms with E-state index in [1.807, 2.05) is 54.6 Å². The van der Waals surface area contributed by atoms with Crippen LogP contribution >= 0.6 is 15.9 Å². The minimum Gasteiger partial charge on any atom is -0.494 e. The van der Waals surface area contributed by atoms with Gasteiger partial charge in [0, 0.05) is 51.7 Å². The maximum Gasteiger partial charge on any atom is 0.266 e. The van der Waals surface area contributed by atoms with Gasteiger partial charge < -0.3 is 14.6 Å². The van der Waals surface area contributed by atoms with Gasteiger partial charge in [0.05, 0.1) is 6.61 Å². The monoisotopic (exact) mass is 680 g/mol. The number of halogens is 1. The van der Waals surface area contributed by atoms with E-state index < -0.39 is 11.6 Å². The number of aliphatic hydroxyl groups excluding tert-OH is 1. The Hall–Kier alpha value is -4.67. The summed E-state index contributed by atoms with van der Waals surface area (Å²) >= 11 is 3.51. The molecule has 0 bridgehead atoms. The van der Waals surface area contributed by atoms with Gasteiger partial charge >= 0.3 is 0 Å². The number of carbonyl (C=O) groups excluding carboxylic acids is 1. The molecule has 46 heavy (non-hydrogen) atoms. The summed E-state index contributed by atoms with van der Waals surface area (Å²) in [4.78, 5) is 22.7. The largest absolute Gasteiger partial charge is 0.494 e. The number of hydrogen-bond donors (Lipinski definition) is 3. The fourth-order valence-corrected chi connectivity index (χ4v) is 6.22. The zero-order valence-corrected chi connectivity index (χ0v) is 26.6.